The fourth-order valence-electron chi connectivity index (χ4n) is 0. The molecule has 1 aliphatic rings. The minimum absolute atomic E-state index is 0.417. The Morgan fingerprint density at radius 2 is 1.50 bits per heavy atom. The van der Waals surface area contributed by atoms with Gasteiger partial charge in [-0.25, -0.2) is 0 Å². The molecular formula is C5H12Si. The minimum Gasteiger partial charge on any atom is -0.0844 e. The van der Waals surface area contributed by atoms with E-state index in [2.05, 4.69) is 25.2 Å². The van der Waals surface area contributed by atoms with Gasteiger partial charge in [0.25, 0.3) is 0 Å². The van der Waals surface area contributed by atoms with E-state index in [0.717, 1.165) is 0 Å². The van der Waals surface area contributed by atoms with Crippen molar-refractivity contribution in [1.82, 2.24) is 0 Å². The summed E-state index contributed by atoms with van der Waals surface area (Å²) in [6.07, 6.45) is 5.50. The Hall–Kier alpha value is -0.0431. The first-order valence-corrected chi connectivity index (χ1v) is 5.39. The lowest BCUT2D eigenvalue weighted by molar-refractivity contribution is 1.71. The second kappa shape index (κ2) is 4.96. The molecule has 0 fully saturated rings. The molecule has 0 N–H and O–H groups in total. The molecule has 0 unspecified atom stereocenters. The van der Waals surface area contributed by atoms with Crippen molar-refractivity contribution in [3.63, 3.8) is 0 Å². The maximum Gasteiger partial charge on any atom is 0.0135 e. The second-order valence-corrected chi connectivity index (χ2v) is 2.83. The lowest BCUT2D eigenvalue weighted by Crippen LogP contribution is -1.53. The van der Waals surface area contributed by atoms with Gasteiger partial charge in [-0.2, -0.15) is 0 Å². The van der Waals surface area contributed by atoms with Crippen molar-refractivity contribution < 1.29 is 0 Å². The van der Waals surface area contributed by atoms with Crippen molar-refractivity contribution in [2.75, 3.05) is 0 Å². The van der Waals surface area contributed by atoms with Crippen molar-refractivity contribution in [3.05, 3.63) is 12.2 Å². The highest BCUT2D eigenvalue weighted by Crippen LogP contribution is 1.96. The van der Waals surface area contributed by atoms with Crippen LogP contribution < -0.4 is 0 Å². The molecule has 0 saturated carbocycles. The molecular weight excluding hydrogens is 88.1 g/mol. The summed E-state index contributed by atoms with van der Waals surface area (Å²) in [5.41, 5.74) is 0. The summed E-state index contributed by atoms with van der Waals surface area (Å²) in [6.45, 7) is 4.53. The number of hydrogen-bond donors (Lipinski definition) is 0. The molecule has 0 aromatic rings. The predicted octanol–water partition coefficient (Wildman–Crippen LogP) is 1.20. The van der Waals surface area contributed by atoms with Gasteiger partial charge >= 0.3 is 0 Å². The summed E-state index contributed by atoms with van der Waals surface area (Å²) >= 11 is 0. The minimum atomic E-state index is 0.417. The first kappa shape index (κ1) is 5.96. The summed E-state index contributed by atoms with van der Waals surface area (Å²) in [5.74, 6) is 0. The van der Waals surface area contributed by atoms with Gasteiger partial charge in [0.05, 0.1) is 0 Å². The largest absolute Gasteiger partial charge is 0.0844 e. The van der Waals surface area contributed by atoms with Crippen LogP contribution in [0.25, 0.3) is 0 Å². The summed E-state index contributed by atoms with van der Waals surface area (Å²) in [4.78, 5) is 0. The van der Waals surface area contributed by atoms with E-state index >= 15 is 0 Å². The lowest BCUT2D eigenvalue weighted by Gasteiger charge is -1.45. The third-order valence-electron chi connectivity index (χ3n) is 0.236. The molecule has 0 heterocycles. The van der Waals surface area contributed by atoms with Crippen LogP contribution in [0.15, 0.2) is 12.2 Å². The fraction of sp³-hybridized carbons (Fsp3) is 0.600. The highest BCUT2D eigenvalue weighted by molar-refractivity contribution is 6.31. The Bertz CT molecular complexity index is 35.2. The van der Waals surface area contributed by atoms with Gasteiger partial charge in [-0.15, -0.1) is 0 Å². The molecule has 0 saturated heterocycles. The SMILES string of the molecule is C1=CC1.C[SiH2]C. The van der Waals surface area contributed by atoms with Gasteiger partial charge in [-0.05, 0) is 6.42 Å². The number of allylic oxidation sites excluding steroid dienone is 2. The van der Waals surface area contributed by atoms with E-state index in [4.69, 9.17) is 0 Å². The van der Waals surface area contributed by atoms with Crippen molar-refractivity contribution in [2.45, 2.75) is 19.5 Å². The second-order valence-electron chi connectivity index (χ2n) is 1.41. The Morgan fingerprint density at radius 1 is 1.33 bits per heavy atom. The van der Waals surface area contributed by atoms with E-state index in [1.165, 1.54) is 6.42 Å². The molecule has 1 aliphatic carbocycles. The first-order chi connectivity index (χ1) is 2.91. The molecule has 0 amide bonds. The first-order valence-electron chi connectivity index (χ1n) is 2.56. The Kier molecular flexibility index (Phi) is 4.92. The molecule has 0 aromatic heterocycles. The summed E-state index contributed by atoms with van der Waals surface area (Å²) in [5, 5.41) is 0. The van der Waals surface area contributed by atoms with Crippen LogP contribution in [0.1, 0.15) is 6.42 Å². The topological polar surface area (TPSA) is 0 Å². The van der Waals surface area contributed by atoms with Gasteiger partial charge in [0, 0.05) is 9.52 Å². The van der Waals surface area contributed by atoms with Crippen LogP contribution >= 0.6 is 0 Å². The zero-order chi connectivity index (χ0) is 4.83. The van der Waals surface area contributed by atoms with E-state index in [0.29, 0.717) is 9.52 Å². The van der Waals surface area contributed by atoms with Gasteiger partial charge in [-0.3, -0.25) is 0 Å². The Morgan fingerprint density at radius 3 is 1.50 bits per heavy atom. The normalized spacial score (nSPS) is 12.3. The van der Waals surface area contributed by atoms with Gasteiger partial charge < -0.3 is 0 Å². The smallest absolute Gasteiger partial charge is 0.0135 e. The summed E-state index contributed by atoms with van der Waals surface area (Å²) in [6, 6.07) is 0. The molecule has 0 atom stereocenters. The molecule has 0 bridgehead atoms. The highest BCUT2D eigenvalue weighted by atomic mass is 28.2. The van der Waals surface area contributed by atoms with Crippen molar-refractivity contribution >= 4 is 9.52 Å². The lowest BCUT2D eigenvalue weighted by atomic mass is 10.9. The monoisotopic (exact) mass is 100 g/mol. The summed E-state index contributed by atoms with van der Waals surface area (Å²) < 4.78 is 0. The standard InChI is InChI=1S/C3H4.C2H8Si/c1-2-3-1;1-3-2/h1-2H,3H2;3H2,1-2H3. The average Bonchev–Trinajstić information content (AvgIpc) is 2.11. The van der Waals surface area contributed by atoms with Crippen molar-refractivity contribution in [3.8, 4) is 0 Å². The van der Waals surface area contributed by atoms with E-state index < -0.39 is 0 Å². The summed E-state index contributed by atoms with van der Waals surface area (Å²) in [7, 11) is 0.417. The molecule has 36 valence electrons. The quantitative estimate of drug-likeness (QED) is 0.317. The molecule has 0 radical (unpaired) electrons. The van der Waals surface area contributed by atoms with E-state index in [1.54, 1.807) is 0 Å². The molecule has 0 aromatic carbocycles. The number of hydrogen-bond acceptors (Lipinski definition) is 0. The third kappa shape index (κ3) is 37.8. The molecule has 1 rings (SSSR count). The molecule has 0 aliphatic heterocycles. The molecule has 0 nitrogen and oxygen atoms in total. The molecule has 1 heteroatoms. The molecule has 6 heavy (non-hydrogen) atoms. The third-order valence-corrected chi connectivity index (χ3v) is 0.236. The van der Waals surface area contributed by atoms with Gasteiger partial charge in [0.2, 0.25) is 0 Å². The number of rotatable bonds is 0. The average molecular weight is 100 g/mol. The molecule has 0 spiro atoms. The maximum atomic E-state index is 2.26. The van der Waals surface area contributed by atoms with Crippen LogP contribution in [0.2, 0.25) is 13.1 Å². The fourth-order valence-corrected chi connectivity index (χ4v) is 0. The zero-order valence-corrected chi connectivity index (χ0v) is 5.98. The van der Waals surface area contributed by atoms with E-state index in [1.807, 2.05) is 0 Å². The van der Waals surface area contributed by atoms with E-state index in [-0.39, 0.29) is 0 Å². The van der Waals surface area contributed by atoms with Crippen LogP contribution in [-0.4, -0.2) is 9.52 Å². The van der Waals surface area contributed by atoms with E-state index in [9.17, 15) is 0 Å². The van der Waals surface area contributed by atoms with Gasteiger partial charge in [-0.1, -0.05) is 25.2 Å². The Labute approximate surface area is 42.1 Å². The van der Waals surface area contributed by atoms with Crippen LogP contribution in [0.3, 0.4) is 0 Å². The maximum absolute atomic E-state index is 2.26. The zero-order valence-electron chi connectivity index (χ0n) is 4.57. The predicted molar refractivity (Wildman–Crippen MR) is 34.0 cm³/mol. The van der Waals surface area contributed by atoms with Crippen LogP contribution in [0, 0.1) is 0 Å². The van der Waals surface area contributed by atoms with Crippen LogP contribution in [-0.2, 0) is 0 Å². The van der Waals surface area contributed by atoms with Crippen LogP contribution in [0.4, 0.5) is 0 Å². The van der Waals surface area contributed by atoms with Crippen molar-refractivity contribution in [2.24, 2.45) is 0 Å². The Balaban J connectivity index is 0.0000000833. The van der Waals surface area contributed by atoms with Crippen molar-refractivity contribution in [1.29, 1.82) is 0 Å². The van der Waals surface area contributed by atoms with Gasteiger partial charge in [0.1, 0.15) is 0 Å². The highest BCUT2D eigenvalue weighted by Gasteiger charge is 1.75. The van der Waals surface area contributed by atoms with Crippen LogP contribution in [0.5, 0.6) is 0 Å². The van der Waals surface area contributed by atoms with Gasteiger partial charge in [0.15, 0.2) is 0 Å².